The molecule has 0 saturated carbocycles. The minimum Gasteiger partial charge on any atom is -0.451 e. The maximum absolute atomic E-state index is 12.9. The molecule has 3 aliphatic rings. The van der Waals surface area contributed by atoms with Crippen molar-refractivity contribution in [2.24, 2.45) is 0 Å². The van der Waals surface area contributed by atoms with Gasteiger partial charge in [-0.05, 0) is 87.0 Å². The summed E-state index contributed by atoms with van der Waals surface area (Å²) in [5.41, 5.74) is 5.00. The minimum absolute atomic E-state index is 0.0270. The van der Waals surface area contributed by atoms with Crippen LogP contribution in [0.4, 0.5) is 21.0 Å². The first-order valence-corrected chi connectivity index (χ1v) is 13.8. The molecule has 6 rings (SSSR count). The van der Waals surface area contributed by atoms with E-state index in [1.807, 2.05) is 0 Å². The number of piperidine rings is 2. The molecular formula is C29H36N6O3. The quantitative estimate of drug-likeness (QED) is 0.512. The van der Waals surface area contributed by atoms with Gasteiger partial charge in [-0.1, -0.05) is 18.6 Å². The highest BCUT2D eigenvalue weighted by Gasteiger charge is 2.28. The van der Waals surface area contributed by atoms with Crippen molar-refractivity contribution in [3.63, 3.8) is 0 Å². The summed E-state index contributed by atoms with van der Waals surface area (Å²) >= 11 is 0. The predicted molar refractivity (Wildman–Crippen MR) is 148 cm³/mol. The standard InChI is InChI=1S/C29H36N6O3/c1-38-29(37)35-27-7-5-6-25(24(27)19-30-35)31-28(36)32-26-11-8-20-18-22(9-10-23(20)26)34-16-12-21(13-17-34)33-14-3-2-4-15-33/h5-7,9-10,18-19,21,26H,2-4,8,11-17H2,1H3,(H2,31,32,36). The zero-order valence-electron chi connectivity index (χ0n) is 22.0. The molecule has 2 N–H and O–H groups in total. The number of aryl methyl sites for hydroxylation is 1. The number of hydrogen-bond acceptors (Lipinski definition) is 6. The van der Waals surface area contributed by atoms with E-state index in [0.29, 0.717) is 16.6 Å². The summed E-state index contributed by atoms with van der Waals surface area (Å²) in [5, 5.41) is 10.9. The number of rotatable bonds is 4. The van der Waals surface area contributed by atoms with E-state index in [4.69, 9.17) is 4.74 Å². The Labute approximate surface area is 223 Å². The zero-order chi connectivity index (χ0) is 26.1. The zero-order valence-corrected chi connectivity index (χ0v) is 22.0. The second-order valence-electron chi connectivity index (χ2n) is 10.7. The number of anilines is 2. The molecule has 9 heteroatoms. The molecule has 2 aliphatic heterocycles. The van der Waals surface area contributed by atoms with Gasteiger partial charge < -0.3 is 25.2 Å². The van der Waals surface area contributed by atoms with Crippen LogP contribution in [0.25, 0.3) is 10.9 Å². The van der Waals surface area contributed by atoms with Crippen LogP contribution >= 0.6 is 0 Å². The van der Waals surface area contributed by atoms with Gasteiger partial charge in [0.15, 0.2) is 0 Å². The Balaban J connectivity index is 1.08. The van der Waals surface area contributed by atoms with Crippen LogP contribution < -0.4 is 15.5 Å². The highest BCUT2D eigenvalue weighted by atomic mass is 16.5. The van der Waals surface area contributed by atoms with E-state index >= 15 is 0 Å². The van der Waals surface area contributed by atoms with E-state index in [-0.39, 0.29) is 12.1 Å². The molecular weight excluding hydrogens is 480 g/mol. The number of carbonyl (C=O) groups excluding carboxylic acids is 2. The number of benzene rings is 2. The SMILES string of the molecule is COC(=O)n1ncc2c(NC(=O)NC3CCc4cc(N5CCC(N6CCCCC6)CC5)ccc43)cccc21. The Bertz CT molecular complexity index is 1320. The van der Waals surface area contributed by atoms with Crippen LogP contribution in [0.5, 0.6) is 0 Å². The first kappa shape index (κ1) is 24.7. The number of hydrogen-bond donors (Lipinski definition) is 2. The van der Waals surface area contributed by atoms with Gasteiger partial charge in [0, 0.05) is 30.2 Å². The first-order chi connectivity index (χ1) is 18.6. The fourth-order valence-electron chi connectivity index (χ4n) is 6.43. The highest BCUT2D eigenvalue weighted by molar-refractivity contribution is 6.02. The van der Waals surface area contributed by atoms with Crippen LogP contribution in [-0.2, 0) is 11.2 Å². The van der Waals surface area contributed by atoms with Crippen molar-refractivity contribution in [3.8, 4) is 0 Å². The Morgan fingerprint density at radius 3 is 2.61 bits per heavy atom. The van der Waals surface area contributed by atoms with Gasteiger partial charge in [0.1, 0.15) is 0 Å². The third-order valence-corrected chi connectivity index (χ3v) is 8.46. The highest BCUT2D eigenvalue weighted by Crippen LogP contribution is 2.35. The number of likely N-dealkylation sites (tertiary alicyclic amines) is 1. The predicted octanol–water partition coefficient (Wildman–Crippen LogP) is 4.91. The molecule has 9 nitrogen and oxygen atoms in total. The lowest BCUT2D eigenvalue weighted by Crippen LogP contribution is -2.46. The maximum atomic E-state index is 12.9. The number of urea groups is 1. The number of carbonyl (C=O) groups is 2. The average Bonchev–Trinajstić information content (AvgIpc) is 3.58. The fraction of sp³-hybridized carbons (Fsp3) is 0.483. The van der Waals surface area contributed by atoms with E-state index in [2.05, 4.69) is 43.7 Å². The van der Waals surface area contributed by atoms with Crippen LogP contribution in [0.2, 0.25) is 0 Å². The fourth-order valence-corrected chi connectivity index (χ4v) is 6.43. The van der Waals surface area contributed by atoms with Crippen molar-refractivity contribution in [1.82, 2.24) is 20.0 Å². The molecule has 2 amide bonds. The summed E-state index contributed by atoms with van der Waals surface area (Å²) in [6.45, 7) is 4.78. The minimum atomic E-state index is -0.574. The van der Waals surface area contributed by atoms with E-state index in [9.17, 15) is 9.59 Å². The number of fused-ring (bicyclic) bond motifs is 2. The van der Waals surface area contributed by atoms with E-state index < -0.39 is 6.09 Å². The summed E-state index contributed by atoms with van der Waals surface area (Å²) in [5.74, 6) is 0. The smallest absolute Gasteiger partial charge is 0.434 e. The van der Waals surface area contributed by atoms with Crippen molar-refractivity contribution >= 4 is 34.4 Å². The van der Waals surface area contributed by atoms with Crippen LogP contribution in [0.15, 0.2) is 42.6 Å². The van der Waals surface area contributed by atoms with Gasteiger partial charge in [-0.15, -0.1) is 0 Å². The lowest BCUT2D eigenvalue weighted by atomic mass is 9.99. The van der Waals surface area contributed by atoms with Gasteiger partial charge in [0.05, 0.1) is 30.6 Å². The number of ether oxygens (including phenoxy) is 1. The molecule has 200 valence electrons. The molecule has 2 saturated heterocycles. The molecule has 38 heavy (non-hydrogen) atoms. The largest absolute Gasteiger partial charge is 0.451 e. The van der Waals surface area contributed by atoms with Crippen LogP contribution in [0, 0.1) is 0 Å². The Morgan fingerprint density at radius 1 is 1.00 bits per heavy atom. The topological polar surface area (TPSA) is 91.7 Å². The van der Waals surface area contributed by atoms with Crippen LogP contribution in [0.3, 0.4) is 0 Å². The molecule has 2 fully saturated rings. The van der Waals surface area contributed by atoms with Gasteiger partial charge in [0.2, 0.25) is 0 Å². The number of methoxy groups -OCH3 is 1. The Kier molecular flexibility index (Phi) is 6.93. The third-order valence-electron chi connectivity index (χ3n) is 8.46. The normalized spacial score (nSPS) is 20.3. The van der Waals surface area contributed by atoms with E-state index in [1.54, 1.807) is 24.4 Å². The molecule has 0 spiro atoms. The first-order valence-electron chi connectivity index (χ1n) is 13.8. The molecule has 3 aromatic rings. The van der Waals surface area contributed by atoms with Crippen molar-refractivity contribution in [2.45, 2.75) is 57.0 Å². The van der Waals surface area contributed by atoms with E-state index in [0.717, 1.165) is 32.0 Å². The molecule has 0 bridgehead atoms. The van der Waals surface area contributed by atoms with Gasteiger partial charge in [0.25, 0.3) is 0 Å². The molecule has 2 aromatic carbocycles. The van der Waals surface area contributed by atoms with Gasteiger partial charge >= 0.3 is 12.1 Å². The second-order valence-corrected chi connectivity index (χ2v) is 10.7. The Morgan fingerprint density at radius 2 is 1.82 bits per heavy atom. The lowest BCUT2D eigenvalue weighted by Gasteiger charge is -2.41. The van der Waals surface area contributed by atoms with Gasteiger partial charge in [-0.3, -0.25) is 0 Å². The Hall–Kier alpha value is -3.59. The number of aromatic nitrogens is 2. The molecule has 1 atom stereocenters. The van der Waals surface area contributed by atoms with Crippen molar-refractivity contribution < 1.29 is 14.3 Å². The molecule has 1 aromatic heterocycles. The number of nitrogens with one attached hydrogen (secondary N) is 2. The molecule has 0 radical (unpaired) electrons. The van der Waals surface area contributed by atoms with Crippen LogP contribution in [-0.4, -0.2) is 66.1 Å². The summed E-state index contributed by atoms with van der Waals surface area (Å²) < 4.78 is 5.96. The number of amides is 2. The van der Waals surface area contributed by atoms with Crippen molar-refractivity contribution in [1.29, 1.82) is 0 Å². The number of nitrogens with zero attached hydrogens (tertiary/aromatic N) is 4. The summed E-state index contributed by atoms with van der Waals surface area (Å²) in [7, 11) is 1.31. The summed E-state index contributed by atoms with van der Waals surface area (Å²) in [4.78, 5) is 30.1. The van der Waals surface area contributed by atoms with Gasteiger partial charge in [-0.2, -0.15) is 9.78 Å². The molecule has 1 unspecified atom stereocenters. The summed E-state index contributed by atoms with van der Waals surface area (Å²) in [6, 6.07) is 12.5. The lowest BCUT2D eigenvalue weighted by molar-refractivity contribution is 0.141. The molecule has 3 heterocycles. The van der Waals surface area contributed by atoms with Crippen molar-refractivity contribution in [2.75, 3.05) is 43.5 Å². The second kappa shape index (κ2) is 10.6. The third kappa shape index (κ3) is 4.82. The summed E-state index contributed by atoms with van der Waals surface area (Å²) in [6.07, 6.45) is 9.41. The molecule has 1 aliphatic carbocycles. The average molecular weight is 517 g/mol. The van der Waals surface area contributed by atoms with E-state index in [1.165, 1.54) is 73.8 Å². The van der Waals surface area contributed by atoms with Gasteiger partial charge in [-0.25, -0.2) is 9.59 Å². The van der Waals surface area contributed by atoms with Crippen LogP contribution in [0.1, 0.15) is 55.7 Å². The van der Waals surface area contributed by atoms with Crippen molar-refractivity contribution in [3.05, 3.63) is 53.7 Å². The monoisotopic (exact) mass is 516 g/mol. The maximum Gasteiger partial charge on any atom is 0.434 e.